The largest absolute Gasteiger partial charge is 0.313 e. The summed E-state index contributed by atoms with van der Waals surface area (Å²) in [5.41, 5.74) is 0. The zero-order valence-electron chi connectivity index (χ0n) is 7.62. The summed E-state index contributed by atoms with van der Waals surface area (Å²) < 4.78 is 25.7. The van der Waals surface area contributed by atoms with Crippen LogP contribution in [0.1, 0.15) is 25.7 Å². The average Bonchev–Trinajstić information content (AvgIpc) is 2.64. The Hall–Kier alpha value is -0.130. The molecule has 0 amide bonds. The van der Waals surface area contributed by atoms with E-state index in [1.54, 1.807) is 0 Å². The number of nitrogens with one attached hydrogen (secondary N) is 2. The van der Waals surface area contributed by atoms with E-state index in [9.17, 15) is 8.42 Å². The molecule has 2 aliphatic rings. The van der Waals surface area contributed by atoms with E-state index in [-0.39, 0.29) is 17.8 Å². The Kier molecular flexibility index (Phi) is 2.58. The van der Waals surface area contributed by atoms with E-state index in [4.69, 9.17) is 0 Å². The van der Waals surface area contributed by atoms with Gasteiger partial charge < -0.3 is 5.32 Å². The summed E-state index contributed by atoms with van der Waals surface area (Å²) in [6, 6.07) is 0.419. The molecule has 1 saturated carbocycles. The van der Waals surface area contributed by atoms with E-state index >= 15 is 0 Å². The summed E-state index contributed by atoms with van der Waals surface area (Å²) in [5, 5.41) is 3.19. The Bertz CT molecular complexity index is 266. The van der Waals surface area contributed by atoms with Crippen LogP contribution >= 0.6 is 0 Å². The number of hydrogen-bond acceptors (Lipinski definition) is 3. The molecule has 0 aromatic rings. The number of hydrogen-bond donors (Lipinski definition) is 2. The Balaban J connectivity index is 1.83. The average molecular weight is 204 g/mol. The molecular weight excluding hydrogens is 188 g/mol. The van der Waals surface area contributed by atoms with Crippen molar-refractivity contribution < 1.29 is 8.42 Å². The van der Waals surface area contributed by atoms with Crippen LogP contribution in [0.15, 0.2) is 0 Å². The fourth-order valence-electron chi connectivity index (χ4n) is 1.67. The highest BCUT2D eigenvalue weighted by Crippen LogP contribution is 2.20. The second-order valence-electron chi connectivity index (χ2n) is 3.97. The van der Waals surface area contributed by atoms with Crippen molar-refractivity contribution in [3.63, 3.8) is 0 Å². The molecule has 4 nitrogen and oxygen atoms in total. The lowest BCUT2D eigenvalue weighted by Gasteiger charge is -2.10. The molecule has 1 saturated heterocycles. The summed E-state index contributed by atoms with van der Waals surface area (Å²) in [4.78, 5) is 0. The second-order valence-corrected chi connectivity index (χ2v) is 5.77. The topological polar surface area (TPSA) is 58.2 Å². The first-order valence-electron chi connectivity index (χ1n) is 4.89. The SMILES string of the molecule is O=S(=O)(CC1CCCN1)NC1CC1. The third-order valence-electron chi connectivity index (χ3n) is 2.51. The third kappa shape index (κ3) is 2.93. The van der Waals surface area contributed by atoms with Crippen LogP contribution in [-0.2, 0) is 10.0 Å². The third-order valence-corrected chi connectivity index (χ3v) is 4.04. The molecule has 1 unspecified atom stereocenters. The molecule has 0 aromatic heterocycles. The Morgan fingerprint density at radius 3 is 2.62 bits per heavy atom. The van der Waals surface area contributed by atoms with Gasteiger partial charge in [0.05, 0.1) is 5.75 Å². The van der Waals surface area contributed by atoms with Crippen LogP contribution in [0.5, 0.6) is 0 Å². The van der Waals surface area contributed by atoms with Crippen molar-refractivity contribution in [2.45, 2.75) is 37.8 Å². The molecule has 0 aromatic carbocycles. The van der Waals surface area contributed by atoms with E-state index in [0.29, 0.717) is 0 Å². The fraction of sp³-hybridized carbons (Fsp3) is 1.00. The predicted octanol–water partition coefficient (Wildman–Crippen LogP) is -0.180. The van der Waals surface area contributed by atoms with E-state index in [1.165, 1.54) is 0 Å². The molecule has 1 aliphatic carbocycles. The molecule has 2 fully saturated rings. The molecule has 5 heteroatoms. The van der Waals surface area contributed by atoms with Crippen molar-refractivity contribution >= 4 is 10.0 Å². The normalized spacial score (nSPS) is 29.4. The standard InChI is InChI=1S/C8H16N2O2S/c11-13(12,10-7-3-4-7)6-8-2-1-5-9-8/h7-10H,1-6H2. The Morgan fingerprint density at radius 1 is 1.31 bits per heavy atom. The highest BCUT2D eigenvalue weighted by molar-refractivity contribution is 7.89. The van der Waals surface area contributed by atoms with E-state index in [1.807, 2.05) is 0 Å². The van der Waals surface area contributed by atoms with Gasteiger partial charge in [0.1, 0.15) is 0 Å². The first-order valence-corrected chi connectivity index (χ1v) is 6.54. The van der Waals surface area contributed by atoms with Gasteiger partial charge in [-0.25, -0.2) is 13.1 Å². The molecule has 1 heterocycles. The first-order chi connectivity index (χ1) is 6.16. The minimum atomic E-state index is -3.01. The highest BCUT2D eigenvalue weighted by Gasteiger charge is 2.29. The van der Waals surface area contributed by atoms with E-state index in [0.717, 1.165) is 32.2 Å². The molecule has 76 valence electrons. The van der Waals surface area contributed by atoms with Gasteiger partial charge in [0.25, 0.3) is 0 Å². The first kappa shape index (κ1) is 9.43. The maximum atomic E-state index is 11.5. The van der Waals surface area contributed by atoms with Crippen LogP contribution in [-0.4, -0.2) is 32.8 Å². The summed E-state index contributed by atoms with van der Waals surface area (Å²) in [7, 11) is -3.01. The quantitative estimate of drug-likeness (QED) is 0.668. The highest BCUT2D eigenvalue weighted by atomic mass is 32.2. The van der Waals surface area contributed by atoms with E-state index < -0.39 is 10.0 Å². The lowest BCUT2D eigenvalue weighted by atomic mass is 10.3. The molecule has 0 spiro atoms. The van der Waals surface area contributed by atoms with Crippen molar-refractivity contribution in [1.29, 1.82) is 0 Å². The summed E-state index contributed by atoms with van der Waals surface area (Å²) in [6.07, 6.45) is 4.11. The van der Waals surface area contributed by atoms with Crippen molar-refractivity contribution in [2.24, 2.45) is 0 Å². The number of sulfonamides is 1. The summed E-state index contributed by atoms with van der Waals surface area (Å²) in [6.45, 7) is 0.962. The number of rotatable bonds is 4. The maximum Gasteiger partial charge on any atom is 0.213 e. The summed E-state index contributed by atoms with van der Waals surface area (Å²) >= 11 is 0. The van der Waals surface area contributed by atoms with Gasteiger partial charge in [-0.1, -0.05) is 0 Å². The van der Waals surface area contributed by atoms with Crippen LogP contribution in [0.4, 0.5) is 0 Å². The van der Waals surface area contributed by atoms with Crippen molar-refractivity contribution in [1.82, 2.24) is 10.0 Å². The van der Waals surface area contributed by atoms with E-state index in [2.05, 4.69) is 10.0 Å². The van der Waals surface area contributed by atoms with Crippen LogP contribution in [0.3, 0.4) is 0 Å². The van der Waals surface area contributed by atoms with Crippen molar-refractivity contribution in [3.8, 4) is 0 Å². The van der Waals surface area contributed by atoms with Crippen LogP contribution in [0.2, 0.25) is 0 Å². The summed E-state index contributed by atoms with van der Waals surface area (Å²) in [5.74, 6) is 0.253. The van der Waals surface area contributed by atoms with Gasteiger partial charge >= 0.3 is 0 Å². The second kappa shape index (κ2) is 3.55. The van der Waals surface area contributed by atoms with Crippen LogP contribution < -0.4 is 10.0 Å². The van der Waals surface area contributed by atoms with Crippen LogP contribution in [0, 0.1) is 0 Å². The molecular formula is C8H16N2O2S. The minimum Gasteiger partial charge on any atom is -0.313 e. The molecule has 0 radical (unpaired) electrons. The Labute approximate surface area is 79.1 Å². The van der Waals surface area contributed by atoms with Gasteiger partial charge in [-0.2, -0.15) is 0 Å². The monoisotopic (exact) mass is 204 g/mol. The molecule has 0 bridgehead atoms. The lowest BCUT2D eigenvalue weighted by Crippen LogP contribution is -2.37. The van der Waals surface area contributed by atoms with Gasteiger partial charge in [-0.15, -0.1) is 0 Å². The van der Waals surface area contributed by atoms with Crippen molar-refractivity contribution in [2.75, 3.05) is 12.3 Å². The van der Waals surface area contributed by atoms with Gasteiger partial charge in [0.2, 0.25) is 10.0 Å². The fourth-order valence-corrected chi connectivity index (χ4v) is 3.32. The molecule has 13 heavy (non-hydrogen) atoms. The van der Waals surface area contributed by atoms with Gasteiger partial charge in [0.15, 0.2) is 0 Å². The zero-order chi connectivity index (χ0) is 9.31. The van der Waals surface area contributed by atoms with Gasteiger partial charge in [0, 0.05) is 12.1 Å². The van der Waals surface area contributed by atoms with Gasteiger partial charge in [-0.3, -0.25) is 0 Å². The molecule has 2 N–H and O–H groups in total. The Morgan fingerprint density at radius 2 is 2.08 bits per heavy atom. The zero-order valence-corrected chi connectivity index (χ0v) is 8.44. The smallest absolute Gasteiger partial charge is 0.213 e. The molecule has 2 rings (SSSR count). The lowest BCUT2D eigenvalue weighted by molar-refractivity contribution is 0.563. The molecule has 1 aliphatic heterocycles. The van der Waals surface area contributed by atoms with Crippen molar-refractivity contribution in [3.05, 3.63) is 0 Å². The maximum absolute atomic E-state index is 11.5. The molecule has 1 atom stereocenters. The predicted molar refractivity (Wildman–Crippen MR) is 51.0 cm³/mol. The van der Waals surface area contributed by atoms with Gasteiger partial charge in [-0.05, 0) is 32.2 Å². The van der Waals surface area contributed by atoms with Crippen LogP contribution in [0.25, 0.3) is 0 Å². The minimum absolute atomic E-state index is 0.177.